The lowest BCUT2D eigenvalue weighted by atomic mass is 10.0. The summed E-state index contributed by atoms with van der Waals surface area (Å²) in [6.45, 7) is 8.57. The Bertz CT molecular complexity index is 999. The van der Waals surface area contributed by atoms with E-state index in [9.17, 15) is 14.4 Å². The molecule has 1 aliphatic rings. The van der Waals surface area contributed by atoms with E-state index in [2.05, 4.69) is 5.32 Å². The highest BCUT2D eigenvalue weighted by atomic mass is 16.6. The Morgan fingerprint density at radius 1 is 1.18 bits per heavy atom. The minimum atomic E-state index is -0.908. The van der Waals surface area contributed by atoms with E-state index in [1.54, 1.807) is 32.9 Å². The molecule has 1 atom stereocenters. The van der Waals surface area contributed by atoms with Gasteiger partial charge in [-0.15, -0.1) is 0 Å². The second-order valence-corrected chi connectivity index (χ2v) is 8.13. The number of amides is 1. The van der Waals surface area contributed by atoms with Gasteiger partial charge in [0.1, 0.15) is 23.0 Å². The van der Waals surface area contributed by atoms with Crippen molar-refractivity contribution < 1.29 is 23.5 Å². The Hall–Kier alpha value is -2.83. The van der Waals surface area contributed by atoms with Crippen LogP contribution in [0.25, 0.3) is 11.0 Å². The first-order valence-corrected chi connectivity index (χ1v) is 9.35. The van der Waals surface area contributed by atoms with Crippen molar-refractivity contribution in [3.05, 3.63) is 39.2 Å². The second-order valence-electron chi connectivity index (χ2n) is 8.13. The van der Waals surface area contributed by atoms with Gasteiger partial charge in [0.05, 0.1) is 5.39 Å². The van der Waals surface area contributed by atoms with Crippen molar-refractivity contribution in [2.45, 2.75) is 65.5 Å². The molecule has 1 aromatic carbocycles. The van der Waals surface area contributed by atoms with Crippen molar-refractivity contribution in [1.82, 2.24) is 5.32 Å². The molecule has 0 saturated carbocycles. The summed E-state index contributed by atoms with van der Waals surface area (Å²) in [5.41, 5.74) is 1.72. The Labute approximate surface area is 163 Å². The number of fused-ring (bicyclic) bond motifs is 3. The van der Waals surface area contributed by atoms with E-state index in [0.717, 1.165) is 24.0 Å². The van der Waals surface area contributed by atoms with Gasteiger partial charge in [0.15, 0.2) is 0 Å². The summed E-state index contributed by atoms with van der Waals surface area (Å²) in [5, 5.41) is 3.12. The molecular weight excluding hydrogens is 362 g/mol. The summed E-state index contributed by atoms with van der Waals surface area (Å²) in [5.74, 6) is -0.296. The van der Waals surface area contributed by atoms with Gasteiger partial charge in [0.25, 0.3) is 0 Å². The molecule has 0 unspecified atom stereocenters. The van der Waals surface area contributed by atoms with Gasteiger partial charge >= 0.3 is 17.7 Å². The van der Waals surface area contributed by atoms with E-state index in [1.807, 2.05) is 6.92 Å². The second kappa shape index (κ2) is 7.30. The topological polar surface area (TPSA) is 94.8 Å². The highest BCUT2D eigenvalue weighted by molar-refractivity contribution is 5.92. The number of carbonyl (C=O) groups excluding carboxylic acids is 2. The van der Waals surface area contributed by atoms with Crippen LogP contribution in [-0.2, 0) is 22.4 Å². The number of ether oxygens (including phenoxy) is 2. The zero-order valence-electron chi connectivity index (χ0n) is 16.8. The maximum Gasteiger partial charge on any atom is 0.408 e. The number of alkyl carbamates (subject to hydrolysis) is 1. The third-order valence-corrected chi connectivity index (χ3v) is 4.48. The number of nitrogens with one attached hydrogen (secondary N) is 1. The lowest BCUT2D eigenvalue weighted by Crippen LogP contribution is -2.43. The minimum absolute atomic E-state index is 0.331. The predicted molar refractivity (Wildman–Crippen MR) is 104 cm³/mol. The van der Waals surface area contributed by atoms with E-state index in [-0.39, 0.29) is 5.63 Å². The summed E-state index contributed by atoms with van der Waals surface area (Å²) >= 11 is 0. The molecule has 1 aliphatic carbocycles. The van der Waals surface area contributed by atoms with Gasteiger partial charge in [-0.25, -0.2) is 14.4 Å². The highest BCUT2D eigenvalue weighted by Gasteiger charge is 2.26. The van der Waals surface area contributed by atoms with E-state index in [4.69, 9.17) is 13.9 Å². The number of aryl methyl sites for hydroxylation is 2. The molecule has 7 nitrogen and oxygen atoms in total. The molecular formula is C21H25NO6. The zero-order chi connectivity index (χ0) is 20.6. The lowest BCUT2D eigenvalue weighted by Gasteiger charge is -2.21. The fourth-order valence-electron chi connectivity index (χ4n) is 3.33. The van der Waals surface area contributed by atoms with Crippen LogP contribution in [0.5, 0.6) is 5.75 Å². The van der Waals surface area contributed by atoms with Crippen LogP contribution in [0.1, 0.15) is 50.8 Å². The Kier molecular flexibility index (Phi) is 5.19. The van der Waals surface area contributed by atoms with E-state index >= 15 is 0 Å². The number of rotatable bonds is 3. The van der Waals surface area contributed by atoms with Crippen LogP contribution in [0.3, 0.4) is 0 Å². The molecule has 0 spiro atoms. The van der Waals surface area contributed by atoms with Crippen molar-refractivity contribution in [3.8, 4) is 5.75 Å². The molecule has 1 heterocycles. The summed E-state index contributed by atoms with van der Waals surface area (Å²) < 4.78 is 16.2. The van der Waals surface area contributed by atoms with Gasteiger partial charge in [-0.3, -0.25) is 0 Å². The first-order valence-electron chi connectivity index (χ1n) is 9.35. The molecule has 0 saturated heterocycles. The van der Waals surface area contributed by atoms with E-state index in [1.165, 1.54) is 6.92 Å². The van der Waals surface area contributed by atoms with Crippen LogP contribution in [0.2, 0.25) is 0 Å². The number of carbonyl (C=O) groups is 2. The molecule has 3 rings (SSSR count). The monoisotopic (exact) mass is 387 g/mol. The van der Waals surface area contributed by atoms with Crippen LogP contribution < -0.4 is 15.7 Å². The first-order chi connectivity index (χ1) is 13.0. The molecule has 7 heteroatoms. The molecule has 0 bridgehead atoms. The molecule has 28 heavy (non-hydrogen) atoms. The van der Waals surface area contributed by atoms with Crippen LogP contribution in [-0.4, -0.2) is 23.7 Å². The summed E-state index contributed by atoms with van der Waals surface area (Å²) in [6, 6.07) is 2.59. The third kappa shape index (κ3) is 4.18. The minimum Gasteiger partial charge on any atom is -0.444 e. The molecule has 1 aromatic heterocycles. The lowest BCUT2D eigenvalue weighted by molar-refractivity contribution is -0.136. The Morgan fingerprint density at radius 3 is 2.54 bits per heavy atom. The molecule has 1 amide bonds. The largest absolute Gasteiger partial charge is 0.444 e. The fourth-order valence-corrected chi connectivity index (χ4v) is 3.33. The smallest absolute Gasteiger partial charge is 0.408 e. The normalized spacial score (nSPS) is 14.5. The number of hydrogen-bond donors (Lipinski definition) is 1. The van der Waals surface area contributed by atoms with E-state index in [0.29, 0.717) is 28.7 Å². The standard InChI is InChI=1S/C21H25NO6/c1-11-9-15(26-18(23)12(2)22-20(25)28-21(3,4)5)17-13-7-6-8-14(13)19(24)27-16(17)10-11/h9-10,12H,6-8H2,1-5H3,(H,22,25)/t12-/m1/s1. The Morgan fingerprint density at radius 2 is 1.86 bits per heavy atom. The predicted octanol–water partition coefficient (Wildman–Crippen LogP) is 3.41. The van der Waals surface area contributed by atoms with Gasteiger partial charge in [-0.05, 0) is 77.1 Å². The SMILES string of the molecule is Cc1cc(OC(=O)[C@@H](C)NC(=O)OC(C)(C)C)c2c3c(c(=O)oc2c1)CCC3. The van der Waals surface area contributed by atoms with Crippen molar-refractivity contribution in [2.75, 3.05) is 0 Å². The number of benzene rings is 1. The highest BCUT2D eigenvalue weighted by Crippen LogP contribution is 2.35. The van der Waals surface area contributed by atoms with Gasteiger partial charge in [0.2, 0.25) is 0 Å². The quantitative estimate of drug-likeness (QED) is 0.493. The summed E-state index contributed by atoms with van der Waals surface area (Å²) in [7, 11) is 0. The number of esters is 1. The van der Waals surface area contributed by atoms with E-state index < -0.39 is 23.7 Å². The molecule has 1 N–H and O–H groups in total. The fraction of sp³-hybridized carbons (Fsp3) is 0.476. The van der Waals surface area contributed by atoms with Crippen LogP contribution in [0.4, 0.5) is 4.79 Å². The maximum absolute atomic E-state index is 12.6. The number of hydrogen-bond acceptors (Lipinski definition) is 6. The van der Waals surface area contributed by atoms with Gasteiger partial charge < -0.3 is 19.2 Å². The van der Waals surface area contributed by atoms with Crippen molar-refractivity contribution >= 4 is 23.0 Å². The maximum atomic E-state index is 12.6. The van der Waals surface area contributed by atoms with Crippen molar-refractivity contribution in [3.63, 3.8) is 0 Å². The molecule has 150 valence electrons. The van der Waals surface area contributed by atoms with Crippen molar-refractivity contribution in [2.24, 2.45) is 0 Å². The molecule has 0 fully saturated rings. The van der Waals surface area contributed by atoms with Crippen LogP contribution >= 0.6 is 0 Å². The molecule has 0 aliphatic heterocycles. The summed E-state index contributed by atoms with van der Waals surface area (Å²) in [6.07, 6.45) is 1.55. The van der Waals surface area contributed by atoms with Gasteiger partial charge in [-0.1, -0.05) is 0 Å². The average molecular weight is 387 g/mol. The first kappa shape index (κ1) is 19.9. The molecule has 0 radical (unpaired) electrons. The summed E-state index contributed by atoms with van der Waals surface area (Å²) in [4.78, 5) is 36.6. The van der Waals surface area contributed by atoms with Crippen LogP contribution in [0.15, 0.2) is 21.3 Å². The molecule has 2 aromatic rings. The van der Waals surface area contributed by atoms with Crippen molar-refractivity contribution in [1.29, 1.82) is 0 Å². The van der Waals surface area contributed by atoms with Gasteiger partial charge in [-0.2, -0.15) is 0 Å². The third-order valence-electron chi connectivity index (χ3n) is 4.48. The zero-order valence-corrected chi connectivity index (χ0v) is 16.8. The van der Waals surface area contributed by atoms with Gasteiger partial charge in [0, 0.05) is 5.56 Å². The van der Waals surface area contributed by atoms with Crippen LogP contribution in [0, 0.1) is 6.92 Å². The Balaban J connectivity index is 1.88. The average Bonchev–Trinajstić information content (AvgIpc) is 3.02.